The fourth-order valence-corrected chi connectivity index (χ4v) is 6.55. The van der Waals surface area contributed by atoms with E-state index in [-0.39, 0.29) is 24.9 Å². The van der Waals surface area contributed by atoms with Gasteiger partial charge in [0.25, 0.3) is 0 Å². The smallest absolute Gasteiger partial charge is 0.244 e. The number of benzene rings is 3. The number of carbonyl (C=O) groups excluding carboxylic acids is 2. The summed E-state index contributed by atoms with van der Waals surface area (Å²) in [6.07, 6.45) is 6.47. The monoisotopic (exact) mass is 605 g/mol. The number of ether oxygens (including phenoxy) is 1. The van der Waals surface area contributed by atoms with E-state index in [9.17, 15) is 18.0 Å². The lowest BCUT2D eigenvalue weighted by Gasteiger charge is -2.35. The van der Waals surface area contributed by atoms with Gasteiger partial charge in [-0.05, 0) is 67.1 Å². The van der Waals surface area contributed by atoms with Crippen LogP contribution in [0.2, 0.25) is 0 Å². The van der Waals surface area contributed by atoms with Gasteiger partial charge < -0.3 is 15.0 Å². The molecule has 9 heteroatoms. The summed E-state index contributed by atoms with van der Waals surface area (Å²) in [7, 11) is -2.26. The zero-order chi connectivity index (χ0) is 31.0. The second-order valence-electron chi connectivity index (χ2n) is 11.5. The number of amides is 2. The van der Waals surface area contributed by atoms with Gasteiger partial charge in [-0.25, -0.2) is 8.42 Å². The highest BCUT2D eigenvalue weighted by atomic mass is 32.2. The summed E-state index contributed by atoms with van der Waals surface area (Å²) in [4.78, 5) is 30.0. The van der Waals surface area contributed by atoms with Crippen molar-refractivity contribution in [1.82, 2.24) is 10.2 Å². The number of anilines is 1. The quantitative estimate of drug-likeness (QED) is 0.308. The van der Waals surface area contributed by atoms with Gasteiger partial charge >= 0.3 is 0 Å². The highest BCUT2D eigenvalue weighted by Crippen LogP contribution is 2.26. The average molecular weight is 606 g/mol. The van der Waals surface area contributed by atoms with Crippen molar-refractivity contribution in [3.63, 3.8) is 0 Å². The van der Waals surface area contributed by atoms with Crippen molar-refractivity contribution in [1.29, 1.82) is 0 Å². The standard InChI is InChI=1S/C34H43N3O5S/c1-25-18-19-26(2)31(20-25)37(43(4,40)41)24-33(38)36(23-28-14-11-17-30(21-28)42-3)32(22-27-12-7-5-8-13-27)34(39)35-29-15-9-6-10-16-29/h5,7-8,11-14,17-21,29,32H,6,9-10,15-16,22-24H2,1-4H3,(H,35,39)/t32-/m0/s1. The van der Waals surface area contributed by atoms with E-state index in [4.69, 9.17) is 4.74 Å². The first kappa shape index (κ1) is 32.1. The van der Waals surface area contributed by atoms with E-state index < -0.39 is 28.5 Å². The van der Waals surface area contributed by atoms with Crippen LogP contribution in [-0.2, 0) is 32.6 Å². The van der Waals surface area contributed by atoms with Gasteiger partial charge in [0.05, 0.1) is 19.1 Å². The normalized spacial score (nSPS) is 14.5. The molecule has 230 valence electrons. The lowest BCUT2D eigenvalue weighted by molar-refractivity contribution is -0.140. The summed E-state index contributed by atoms with van der Waals surface area (Å²) in [6, 6.07) is 21.7. The Morgan fingerprint density at radius 2 is 1.63 bits per heavy atom. The number of carbonyl (C=O) groups is 2. The molecule has 4 rings (SSSR count). The summed E-state index contributed by atoms with van der Waals surface area (Å²) < 4.78 is 32.8. The Hall–Kier alpha value is -3.85. The van der Waals surface area contributed by atoms with Gasteiger partial charge in [0.1, 0.15) is 18.3 Å². The highest BCUT2D eigenvalue weighted by molar-refractivity contribution is 7.92. The third-order valence-electron chi connectivity index (χ3n) is 8.02. The van der Waals surface area contributed by atoms with Gasteiger partial charge in [0.2, 0.25) is 21.8 Å². The van der Waals surface area contributed by atoms with Crippen LogP contribution in [0.4, 0.5) is 5.69 Å². The van der Waals surface area contributed by atoms with E-state index in [1.165, 1.54) is 4.90 Å². The maximum absolute atomic E-state index is 14.4. The molecule has 0 heterocycles. The number of nitrogens with zero attached hydrogens (tertiary/aromatic N) is 2. The molecule has 1 aliphatic carbocycles. The second kappa shape index (κ2) is 14.6. The van der Waals surface area contributed by atoms with Crippen molar-refractivity contribution in [3.05, 3.63) is 95.1 Å². The Morgan fingerprint density at radius 3 is 2.30 bits per heavy atom. The van der Waals surface area contributed by atoms with Crippen molar-refractivity contribution in [2.75, 3.05) is 24.2 Å². The minimum Gasteiger partial charge on any atom is -0.497 e. The number of nitrogens with one attached hydrogen (secondary N) is 1. The van der Waals surface area contributed by atoms with Gasteiger partial charge in [-0.3, -0.25) is 13.9 Å². The summed E-state index contributed by atoms with van der Waals surface area (Å²) in [5.41, 5.74) is 3.74. The maximum atomic E-state index is 14.4. The van der Waals surface area contributed by atoms with Gasteiger partial charge in [0, 0.05) is 19.0 Å². The SMILES string of the molecule is COc1cccc(CN(C(=O)CN(c2cc(C)ccc2C)S(C)(=O)=O)[C@@H](Cc2ccccc2)C(=O)NC2CCCCC2)c1. The number of hydrogen-bond donors (Lipinski definition) is 1. The first-order valence-corrected chi connectivity index (χ1v) is 16.7. The zero-order valence-electron chi connectivity index (χ0n) is 25.6. The third-order valence-corrected chi connectivity index (χ3v) is 9.15. The Balaban J connectivity index is 1.75. The summed E-state index contributed by atoms with van der Waals surface area (Å²) in [6.45, 7) is 3.37. The van der Waals surface area contributed by atoms with Crippen molar-refractivity contribution < 1.29 is 22.7 Å². The number of methoxy groups -OCH3 is 1. The number of aryl methyl sites for hydroxylation is 2. The van der Waals surface area contributed by atoms with Crippen LogP contribution < -0.4 is 14.4 Å². The molecule has 3 aromatic carbocycles. The predicted molar refractivity (Wildman–Crippen MR) is 171 cm³/mol. The van der Waals surface area contributed by atoms with Crippen LogP contribution >= 0.6 is 0 Å². The fourth-order valence-electron chi connectivity index (χ4n) is 5.65. The molecule has 8 nitrogen and oxygen atoms in total. The Kier molecular flexibility index (Phi) is 10.9. The van der Waals surface area contributed by atoms with Crippen molar-refractivity contribution in [3.8, 4) is 5.75 Å². The number of sulfonamides is 1. The molecule has 1 N–H and O–H groups in total. The lowest BCUT2D eigenvalue weighted by Crippen LogP contribution is -2.55. The predicted octanol–water partition coefficient (Wildman–Crippen LogP) is 5.17. The molecule has 1 fully saturated rings. The van der Waals surface area contributed by atoms with Crippen LogP contribution in [0.1, 0.15) is 54.4 Å². The highest BCUT2D eigenvalue weighted by Gasteiger charge is 2.34. The topological polar surface area (TPSA) is 96.0 Å². The van der Waals surface area contributed by atoms with E-state index in [0.717, 1.165) is 64.9 Å². The van der Waals surface area contributed by atoms with E-state index in [0.29, 0.717) is 11.4 Å². The summed E-state index contributed by atoms with van der Waals surface area (Å²) in [5.74, 6) is -0.0668. The van der Waals surface area contributed by atoms with Crippen LogP contribution in [0, 0.1) is 13.8 Å². The van der Waals surface area contributed by atoms with Crippen LogP contribution in [-0.4, -0.2) is 57.1 Å². The number of rotatable bonds is 12. The summed E-state index contributed by atoms with van der Waals surface area (Å²) >= 11 is 0. The molecule has 0 saturated heterocycles. The van der Waals surface area contributed by atoms with E-state index >= 15 is 0 Å². The van der Waals surface area contributed by atoms with Gasteiger partial charge in [-0.2, -0.15) is 0 Å². The summed E-state index contributed by atoms with van der Waals surface area (Å²) in [5, 5.41) is 3.23. The van der Waals surface area contributed by atoms with Crippen LogP contribution in [0.5, 0.6) is 5.75 Å². The zero-order valence-corrected chi connectivity index (χ0v) is 26.4. The minimum atomic E-state index is -3.83. The van der Waals surface area contributed by atoms with Crippen LogP contribution in [0.25, 0.3) is 0 Å². The fraction of sp³-hybridized carbons (Fsp3) is 0.412. The third kappa shape index (κ3) is 8.83. The first-order valence-electron chi connectivity index (χ1n) is 14.9. The van der Waals surface area contributed by atoms with E-state index in [1.807, 2.05) is 80.6 Å². The Labute approximate surface area is 256 Å². The van der Waals surface area contributed by atoms with Gasteiger partial charge in [0.15, 0.2) is 0 Å². The molecule has 43 heavy (non-hydrogen) atoms. The molecule has 0 bridgehead atoms. The van der Waals surface area contributed by atoms with E-state index in [1.54, 1.807) is 13.2 Å². The molecule has 1 atom stereocenters. The average Bonchev–Trinajstić information content (AvgIpc) is 2.99. The van der Waals surface area contributed by atoms with Gasteiger partial charge in [-0.1, -0.05) is 73.9 Å². The molecule has 1 saturated carbocycles. The molecular formula is C34H43N3O5S. The van der Waals surface area contributed by atoms with Gasteiger partial charge in [-0.15, -0.1) is 0 Å². The molecule has 0 unspecified atom stereocenters. The van der Waals surface area contributed by atoms with Crippen molar-refractivity contribution >= 4 is 27.5 Å². The molecule has 1 aliphatic rings. The number of hydrogen-bond acceptors (Lipinski definition) is 5. The maximum Gasteiger partial charge on any atom is 0.244 e. The largest absolute Gasteiger partial charge is 0.497 e. The Morgan fingerprint density at radius 1 is 0.930 bits per heavy atom. The Bertz CT molecular complexity index is 1500. The molecule has 2 amide bonds. The molecule has 0 aliphatic heterocycles. The van der Waals surface area contributed by atoms with E-state index in [2.05, 4.69) is 5.32 Å². The van der Waals surface area contributed by atoms with Crippen molar-refractivity contribution in [2.45, 2.75) is 71.0 Å². The first-order chi connectivity index (χ1) is 20.5. The lowest BCUT2D eigenvalue weighted by atomic mass is 9.94. The van der Waals surface area contributed by atoms with Crippen molar-refractivity contribution in [2.24, 2.45) is 0 Å². The molecule has 0 radical (unpaired) electrons. The second-order valence-corrected chi connectivity index (χ2v) is 13.4. The molecule has 3 aromatic rings. The minimum absolute atomic E-state index is 0.0516. The molecular weight excluding hydrogens is 562 g/mol. The van der Waals surface area contributed by atoms with Crippen LogP contribution in [0.3, 0.4) is 0 Å². The molecule has 0 spiro atoms. The van der Waals surface area contributed by atoms with Crippen LogP contribution in [0.15, 0.2) is 72.8 Å². The molecule has 0 aromatic heterocycles.